The van der Waals surface area contributed by atoms with Crippen LogP contribution in [-0.4, -0.2) is 34.9 Å². The molecular weight excluding hydrogens is 344 g/mol. The van der Waals surface area contributed by atoms with Gasteiger partial charge >= 0.3 is 5.97 Å². The third kappa shape index (κ3) is 3.20. The lowest BCUT2D eigenvalue weighted by Crippen LogP contribution is -2.55. The summed E-state index contributed by atoms with van der Waals surface area (Å²) in [5.41, 5.74) is -0.216. The molecule has 148 valence electrons. The normalized spacial score (nSPS) is 38.9. The number of allylic oxidation sites excluding steroid dienone is 2. The fourth-order valence-corrected chi connectivity index (χ4v) is 5.52. The highest BCUT2D eigenvalue weighted by Crippen LogP contribution is 2.56. The molecule has 1 fully saturated rings. The number of hydrogen-bond donors (Lipinski definition) is 1. The first-order chi connectivity index (χ1) is 12.5. The third-order valence-electron chi connectivity index (χ3n) is 7.25. The van der Waals surface area contributed by atoms with Crippen molar-refractivity contribution in [2.24, 2.45) is 22.7 Å². The predicted molar refractivity (Wildman–Crippen MR) is 101 cm³/mol. The molecule has 0 aromatic rings. The molecule has 0 aliphatic heterocycles. The van der Waals surface area contributed by atoms with E-state index in [1.807, 2.05) is 20.8 Å². The predicted octanol–water partition coefficient (Wildman–Crippen LogP) is 3.16. The molecule has 2 bridgehead atoms. The summed E-state index contributed by atoms with van der Waals surface area (Å²) in [5.74, 6) is -0.718. The minimum Gasteiger partial charge on any atom is -0.462 e. The lowest BCUT2D eigenvalue weighted by molar-refractivity contribution is -0.173. The number of carbonyl (C=O) groups excluding carboxylic acids is 3. The van der Waals surface area contributed by atoms with Crippen molar-refractivity contribution in [3.8, 4) is 0 Å². The highest BCUT2D eigenvalue weighted by atomic mass is 16.5. The summed E-state index contributed by atoms with van der Waals surface area (Å²) in [6.07, 6.45) is 3.02. The van der Waals surface area contributed by atoms with Gasteiger partial charge in [-0.2, -0.15) is 0 Å². The molecule has 0 heterocycles. The SMILES string of the molecule is C=C1C(=O)C2=C[C@H]1CCC(=O)[C@@]1(C)CC[C@@H](OC(C)=O)C(C)(C)[C@@H]1C[C@H]2O. The van der Waals surface area contributed by atoms with Crippen molar-refractivity contribution < 1.29 is 24.2 Å². The second kappa shape index (κ2) is 6.69. The molecule has 1 saturated carbocycles. The van der Waals surface area contributed by atoms with Crippen molar-refractivity contribution in [1.82, 2.24) is 0 Å². The van der Waals surface area contributed by atoms with E-state index in [4.69, 9.17) is 4.74 Å². The van der Waals surface area contributed by atoms with Gasteiger partial charge in [0.15, 0.2) is 5.78 Å². The molecule has 0 aromatic heterocycles. The standard InChI is InChI=1S/C22H30O5/c1-12-14-6-7-18(25)22(5)9-8-19(27-13(2)23)21(3,4)17(22)11-16(24)15(10-14)20(12)26/h10,14,16-17,19,24H,1,6-9,11H2,2-5H3/t14-,16-,17+,19-,22+/m1/s1. The number of Topliss-reactive ketones (excluding diaryl/α,β-unsaturated/α-hetero) is 2. The maximum atomic E-state index is 13.3. The largest absolute Gasteiger partial charge is 0.462 e. The number of aliphatic hydroxyl groups is 1. The first-order valence-electron chi connectivity index (χ1n) is 9.82. The van der Waals surface area contributed by atoms with E-state index in [-0.39, 0.29) is 35.5 Å². The highest BCUT2D eigenvalue weighted by molar-refractivity contribution is 6.11. The first-order valence-corrected chi connectivity index (χ1v) is 9.82. The molecule has 0 amide bonds. The first kappa shape index (κ1) is 20.0. The Balaban J connectivity index is 2.02. The van der Waals surface area contributed by atoms with E-state index < -0.39 is 16.9 Å². The molecule has 0 unspecified atom stereocenters. The zero-order valence-electron chi connectivity index (χ0n) is 16.7. The van der Waals surface area contributed by atoms with Gasteiger partial charge in [0.1, 0.15) is 11.9 Å². The van der Waals surface area contributed by atoms with E-state index in [1.165, 1.54) is 6.92 Å². The van der Waals surface area contributed by atoms with Crippen LogP contribution in [0.15, 0.2) is 23.8 Å². The lowest BCUT2D eigenvalue weighted by Gasteiger charge is -2.54. The van der Waals surface area contributed by atoms with Crippen LogP contribution in [0.2, 0.25) is 0 Å². The van der Waals surface area contributed by atoms with E-state index in [0.29, 0.717) is 43.3 Å². The molecule has 0 aromatic carbocycles. The molecule has 3 rings (SSSR count). The van der Waals surface area contributed by atoms with Crippen LogP contribution in [0.4, 0.5) is 0 Å². The van der Waals surface area contributed by atoms with Crippen molar-refractivity contribution in [2.45, 2.75) is 72.0 Å². The Hall–Kier alpha value is -1.75. The molecule has 5 heteroatoms. The van der Waals surface area contributed by atoms with Crippen molar-refractivity contribution in [3.05, 3.63) is 23.8 Å². The second-order valence-electron chi connectivity index (χ2n) is 9.22. The fourth-order valence-electron chi connectivity index (χ4n) is 5.52. The fraction of sp³-hybridized carbons (Fsp3) is 0.682. The molecule has 3 aliphatic rings. The molecule has 5 atom stereocenters. The number of aliphatic hydroxyl groups excluding tert-OH is 1. The van der Waals surface area contributed by atoms with Gasteiger partial charge in [-0.15, -0.1) is 0 Å². The van der Waals surface area contributed by atoms with E-state index >= 15 is 0 Å². The quantitative estimate of drug-likeness (QED) is 0.563. The monoisotopic (exact) mass is 374 g/mol. The topological polar surface area (TPSA) is 80.7 Å². The van der Waals surface area contributed by atoms with Crippen LogP contribution in [0, 0.1) is 22.7 Å². The minimum atomic E-state index is -0.940. The molecular formula is C22H30O5. The van der Waals surface area contributed by atoms with Crippen LogP contribution >= 0.6 is 0 Å². The van der Waals surface area contributed by atoms with Crippen molar-refractivity contribution in [1.29, 1.82) is 0 Å². The third-order valence-corrected chi connectivity index (χ3v) is 7.25. The Morgan fingerprint density at radius 1 is 1.26 bits per heavy atom. The molecule has 5 nitrogen and oxygen atoms in total. The summed E-state index contributed by atoms with van der Waals surface area (Å²) < 4.78 is 5.57. The van der Waals surface area contributed by atoms with Gasteiger partial charge in [0, 0.05) is 35.7 Å². The van der Waals surface area contributed by atoms with Crippen molar-refractivity contribution in [3.63, 3.8) is 0 Å². The zero-order valence-corrected chi connectivity index (χ0v) is 16.7. The summed E-state index contributed by atoms with van der Waals surface area (Å²) in [6.45, 7) is 11.3. The smallest absolute Gasteiger partial charge is 0.302 e. The Bertz CT molecular complexity index is 731. The van der Waals surface area contributed by atoms with Gasteiger partial charge in [-0.05, 0) is 37.2 Å². The Kier molecular flexibility index (Phi) is 4.96. The summed E-state index contributed by atoms with van der Waals surface area (Å²) in [4.78, 5) is 37.4. The average Bonchev–Trinajstić information content (AvgIpc) is 2.86. The van der Waals surface area contributed by atoms with Gasteiger partial charge < -0.3 is 9.84 Å². The second-order valence-corrected chi connectivity index (χ2v) is 9.22. The van der Waals surface area contributed by atoms with E-state index in [0.717, 1.165) is 0 Å². The summed E-state index contributed by atoms with van der Waals surface area (Å²) in [5, 5.41) is 10.9. The summed E-state index contributed by atoms with van der Waals surface area (Å²) >= 11 is 0. The van der Waals surface area contributed by atoms with Gasteiger partial charge in [-0.3, -0.25) is 14.4 Å². The Morgan fingerprint density at radius 3 is 2.56 bits per heavy atom. The number of ketones is 2. The number of fused-ring (bicyclic) bond motifs is 2. The van der Waals surface area contributed by atoms with Gasteiger partial charge in [0.2, 0.25) is 0 Å². The van der Waals surface area contributed by atoms with Gasteiger partial charge in [0.05, 0.1) is 6.10 Å². The van der Waals surface area contributed by atoms with Crippen LogP contribution in [-0.2, 0) is 19.1 Å². The van der Waals surface area contributed by atoms with Gasteiger partial charge in [-0.1, -0.05) is 33.4 Å². The molecule has 0 radical (unpaired) electrons. The number of rotatable bonds is 1. The number of esters is 1. The average molecular weight is 374 g/mol. The maximum Gasteiger partial charge on any atom is 0.302 e. The minimum absolute atomic E-state index is 0.156. The van der Waals surface area contributed by atoms with Crippen LogP contribution in [0.25, 0.3) is 0 Å². The van der Waals surface area contributed by atoms with Crippen molar-refractivity contribution in [2.75, 3.05) is 0 Å². The summed E-state index contributed by atoms with van der Waals surface area (Å²) in [7, 11) is 0. The molecule has 27 heavy (non-hydrogen) atoms. The Morgan fingerprint density at radius 2 is 1.93 bits per heavy atom. The van der Waals surface area contributed by atoms with Crippen LogP contribution in [0.5, 0.6) is 0 Å². The molecule has 1 N–H and O–H groups in total. The lowest BCUT2D eigenvalue weighted by atomic mass is 9.52. The van der Waals surface area contributed by atoms with E-state index in [2.05, 4.69) is 6.58 Å². The van der Waals surface area contributed by atoms with E-state index in [1.54, 1.807) is 6.08 Å². The van der Waals surface area contributed by atoms with Gasteiger partial charge in [-0.25, -0.2) is 0 Å². The Labute approximate surface area is 160 Å². The molecule has 0 spiro atoms. The molecule has 0 saturated heterocycles. The van der Waals surface area contributed by atoms with Crippen LogP contribution < -0.4 is 0 Å². The summed E-state index contributed by atoms with van der Waals surface area (Å²) in [6, 6.07) is 0. The van der Waals surface area contributed by atoms with Crippen LogP contribution in [0.3, 0.4) is 0 Å². The highest BCUT2D eigenvalue weighted by Gasteiger charge is 2.56. The van der Waals surface area contributed by atoms with Crippen LogP contribution in [0.1, 0.15) is 59.8 Å². The maximum absolute atomic E-state index is 13.3. The zero-order chi connectivity index (χ0) is 20.1. The van der Waals surface area contributed by atoms with Gasteiger partial charge in [0.25, 0.3) is 0 Å². The number of ether oxygens (including phenoxy) is 1. The molecule has 3 aliphatic carbocycles. The van der Waals surface area contributed by atoms with Crippen molar-refractivity contribution >= 4 is 17.5 Å². The number of hydrogen-bond acceptors (Lipinski definition) is 5. The van der Waals surface area contributed by atoms with E-state index in [9.17, 15) is 19.5 Å². The number of carbonyl (C=O) groups is 3.